The Morgan fingerprint density at radius 3 is 2.95 bits per heavy atom. The number of hydrogen-bond donors (Lipinski definition) is 1. The van der Waals surface area contributed by atoms with Crippen LogP contribution in [-0.4, -0.2) is 10.9 Å². The number of hydrogen-bond acceptors (Lipinski definition) is 3. The highest BCUT2D eigenvalue weighted by atomic mass is 35.5. The van der Waals surface area contributed by atoms with Crippen LogP contribution >= 0.6 is 11.6 Å². The highest BCUT2D eigenvalue weighted by Gasteiger charge is 2.08. The molecular weight excluding hydrogens is 288 g/mol. The highest BCUT2D eigenvalue weighted by molar-refractivity contribution is 6.31. The van der Waals surface area contributed by atoms with Crippen molar-refractivity contribution in [2.24, 2.45) is 0 Å². The number of rotatable bonds is 3. The zero-order valence-corrected chi connectivity index (χ0v) is 12.1. The molecule has 1 amide bonds. The fourth-order valence-electron chi connectivity index (χ4n) is 2.16. The average molecular weight is 301 g/mol. The number of benzene rings is 2. The van der Waals surface area contributed by atoms with Gasteiger partial charge in [0.2, 0.25) is 5.91 Å². The summed E-state index contributed by atoms with van der Waals surface area (Å²) in [6, 6.07) is 13.0. The maximum absolute atomic E-state index is 11.1. The van der Waals surface area contributed by atoms with Crippen LogP contribution in [0.2, 0.25) is 5.02 Å². The van der Waals surface area contributed by atoms with E-state index >= 15 is 0 Å². The van der Waals surface area contributed by atoms with E-state index in [0.29, 0.717) is 22.9 Å². The second-order valence-electron chi connectivity index (χ2n) is 4.78. The monoisotopic (exact) mass is 300 g/mol. The molecule has 0 unspecified atom stereocenters. The van der Waals surface area contributed by atoms with Gasteiger partial charge in [-0.05, 0) is 35.9 Å². The van der Waals surface area contributed by atoms with E-state index < -0.39 is 0 Å². The minimum Gasteiger partial charge on any atom is -0.440 e. The fourth-order valence-corrected chi connectivity index (χ4v) is 2.33. The molecular formula is C16H13ClN2O2. The number of fused-ring (bicyclic) bond motifs is 1. The van der Waals surface area contributed by atoms with E-state index in [1.807, 2.05) is 30.3 Å². The first kappa shape index (κ1) is 13.6. The van der Waals surface area contributed by atoms with Gasteiger partial charge in [0.1, 0.15) is 5.52 Å². The number of anilines is 1. The molecule has 3 rings (SSSR count). The Kier molecular flexibility index (Phi) is 3.62. The molecule has 0 radical (unpaired) electrons. The normalized spacial score (nSPS) is 10.8. The van der Waals surface area contributed by atoms with Crippen LogP contribution in [0.25, 0.3) is 11.1 Å². The Morgan fingerprint density at radius 1 is 1.29 bits per heavy atom. The molecule has 1 aromatic heterocycles. The summed E-state index contributed by atoms with van der Waals surface area (Å²) in [6.07, 6.45) is 0.555. The van der Waals surface area contributed by atoms with Gasteiger partial charge in [-0.15, -0.1) is 0 Å². The summed E-state index contributed by atoms with van der Waals surface area (Å²) in [4.78, 5) is 15.5. The summed E-state index contributed by atoms with van der Waals surface area (Å²) in [5, 5.41) is 3.39. The molecule has 0 saturated heterocycles. The number of aromatic nitrogens is 1. The van der Waals surface area contributed by atoms with Crippen molar-refractivity contribution in [3.05, 3.63) is 58.9 Å². The van der Waals surface area contributed by atoms with Crippen molar-refractivity contribution in [3.63, 3.8) is 0 Å². The van der Waals surface area contributed by atoms with E-state index in [9.17, 15) is 4.79 Å². The maximum Gasteiger partial charge on any atom is 0.221 e. The van der Waals surface area contributed by atoms with Crippen molar-refractivity contribution in [2.75, 3.05) is 5.32 Å². The second kappa shape index (κ2) is 5.58. The fraction of sp³-hybridized carbons (Fsp3) is 0.125. The largest absolute Gasteiger partial charge is 0.440 e. The van der Waals surface area contributed by atoms with E-state index in [1.54, 1.807) is 12.1 Å². The van der Waals surface area contributed by atoms with E-state index in [0.717, 1.165) is 16.8 Å². The maximum atomic E-state index is 11.1. The molecule has 0 aliphatic heterocycles. The number of oxazole rings is 1. The Hall–Kier alpha value is -2.33. The van der Waals surface area contributed by atoms with Crippen molar-refractivity contribution in [3.8, 4) is 0 Å². The predicted octanol–water partition coefficient (Wildman–Crippen LogP) is 4.03. The average Bonchev–Trinajstić information content (AvgIpc) is 2.79. The molecule has 0 aliphatic carbocycles. The smallest absolute Gasteiger partial charge is 0.221 e. The van der Waals surface area contributed by atoms with Crippen LogP contribution in [0.1, 0.15) is 18.4 Å². The lowest BCUT2D eigenvalue weighted by Gasteiger charge is -2.03. The molecule has 0 atom stereocenters. The predicted molar refractivity (Wildman–Crippen MR) is 82.6 cm³/mol. The molecule has 1 heterocycles. The van der Waals surface area contributed by atoms with Crippen molar-refractivity contribution < 1.29 is 9.21 Å². The first-order valence-electron chi connectivity index (χ1n) is 6.52. The van der Waals surface area contributed by atoms with E-state index in [4.69, 9.17) is 16.0 Å². The van der Waals surface area contributed by atoms with Gasteiger partial charge in [-0.3, -0.25) is 4.79 Å². The van der Waals surface area contributed by atoms with Gasteiger partial charge < -0.3 is 9.73 Å². The standard InChI is InChI=1S/C16H13ClN2O2/c1-10(20)18-13-4-2-3-11(7-13)8-16-19-14-9-12(17)5-6-15(14)21-16/h2-7,9H,8H2,1H3,(H,18,20). The van der Waals surface area contributed by atoms with Crippen molar-refractivity contribution in [1.82, 2.24) is 4.98 Å². The van der Waals surface area contributed by atoms with Crippen LogP contribution in [0.5, 0.6) is 0 Å². The van der Waals surface area contributed by atoms with E-state index in [2.05, 4.69) is 10.3 Å². The molecule has 0 bridgehead atoms. The summed E-state index contributed by atoms with van der Waals surface area (Å²) in [7, 11) is 0. The third kappa shape index (κ3) is 3.23. The minimum absolute atomic E-state index is 0.0938. The molecule has 4 nitrogen and oxygen atoms in total. The molecule has 106 valence electrons. The van der Waals surface area contributed by atoms with Gasteiger partial charge in [0, 0.05) is 24.1 Å². The number of carbonyl (C=O) groups excluding carboxylic acids is 1. The molecule has 0 saturated carbocycles. The molecule has 0 spiro atoms. The first-order valence-corrected chi connectivity index (χ1v) is 6.89. The minimum atomic E-state index is -0.0938. The van der Waals surface area contributed by atoms with Crippen molar-refractivity contribution in [1.29, 1.82) is 0 Å². The SMILES string of the molecule is CC(=O)Nc1cccc(Cc2nc3cc(Cl)ccc3o2)c1. The van der Waals surface area contributed by atoms with Gasteiger partial charge in [-0.2, -0.15) is 0 Å². The third-order valence-corrected chi connectivity index (χ3v) is 3.23. The Balaban J connectivity index is 1.86. The summed E-state index contributed by atoms with van der Waals surface area (Å²) in [5.41, 5.74) is 3.24. The zero-order valence-electron chi connectivity index (χ0n) is 11.4. The Morgan fingerprint density at radius 2 is 2.14 bits per heavy atom. The van der Waals surface area contributed by atoms with Gasteiger partial charge in [-0.25, -0.2) is 4.98 Å². The number of nitrogens with zero attached hydrogens (tertiary/aromatic N) is 1. The van der Waals surface area contributed by atoms with Crippen molar-refractivity contribution in [2.45, 2.75) is 13.3 Å². The number of nitrogens with one attached hydrogen (secondary N) is 1. The molecule has 21 heavy (non-hydrogen) atoms. The molecule has 2 aromatic carbocycles. The first-order chi connectivity index (χ1) is 10.1. The van der Waals surface area contributed by atoms with Crippen LogP contribution in [0.4, 0.5) is 5.69 Å². The summed E-state index contributed by atoms with van der Waals surface area (Å²) in [6.45, 7) is 1.48. The summed E-state index contributed by atoms with van der Waals surface area (Å²) in [5.74, 6) is 0.524. The van der Waals surface area contributed by atoms with E-state index in [1.165, 1.54) is 6.92 Å². The van der Waals surface area contributed by atoms with Crippen molar-refractivity contribution >= 4 is 34.3 Å². The molecule has 0 fully saturated rings. The highest BCUT2D eigenvalue weighted by Crippen LogP contribution is 2.22. The quantitative estimate of drug-likeness (QED) is 0.794. The molecule has 0 aliphatic rings. The van der Waals surface area contributed by atoms with E-state index in [-0.39, 0.29) is 5.91 Å². The number of halogens is 1. The van der Waals surface area contributed by atoms with Gasteiger partial charge in [-0.1, -0.05) is 23.7 Å². The van der Waals surface area contributed by atoms with Gasteiger partial charge in [0.15, 0.2) is 11.5 Å². The molecule has 3 aromatic rings. The van der Waals surface area contributed by atoms with Gasteiger partial charge >= 0.3 is 0 Å². The van der Waals surface area contributed by atoms with Gasteiger partial charge in [0.25, 0.3) is 0 Å². The summed E-state index contributed by atoms with van der Waals surface area (Å²) < 4.78 is 5.69. The lowest BCUT2D eigenvalue weighted by molar-refractivity contribution is -0.114. The van der Waals surface area contributed by atoms with Crippen LogP contribution < -0.4 is 5.32 Å². The van der Waals surface area contributed by atoms with Crippen LogP contribution in [-0.2, 0) is 11.2 Å². The zero-order chi connectivity index (χ0) is 14.8. The third-order valence-electron chi connectivity index (χ3n) is 3.00. The Bertz CT molecular complexity index is 811. The Labute approximate surface area is 126 Å². The van der Waals surface area contributed by atoms with Crippen LogP contribution in [0.15, 0.2) is 46.9 Å². The second-order valence-corrected chi connectivity index (χ2v) is 5.21. The molecule has 5 heteroatoms. The molecule has 1 N–H and O–H groups in total. The van der Waals surface area contributed by atoms with Crippen LogP contribution in [0, 0.1) is 0 Å². The van der Waals surface area contributed by atoms with Gasteiger partial charge in [0.05, 0.1) is 0 Å². The lowest BCUT2D eigenvalue weighted by atomic mass is 10.1. The topological polar surface area (TPSA) is 55.1 Å². The number of amides is 1. The number of carbonyl (C=O) groups is 1. The summed E-state index contributed by atoms with van der Waals surface area (Å²) >= 11 is 5.94. The van der Waals surface area contributed by atoms with Crippen LogP contribution in [0.3, 0.4) is 0 Å². The lowest BCUT2D eigenvalue weighted by Crippen LogP contribution is -2.05.